The number of nitrogens with zero attached hydrogens (tertiary/aromatic N) is 5. The molecule has 1 aromatic heterocycles. The average Bonchev–Trinajstić information content (AvgIpc) is 2.86. The van der Waals surface area contributed by atoms with Crippen LogP contribution in [0.25, 0.3) is 10.4 Å². The van der Waals surface area contributed by atoms with Gasteiger partial charge in [-0.1, -0.05) is 5.11 Å². The van der Waals surface area contributed by atoms with Crippen molar-refractivity contribution in [3.05, 3.63) is 28.9 Å². The van der Waals surface area contributed by atoms with Crippen LogP contribution in [0.15, 0.2) is 23.6 Å². The van der Waals surface area contributed by atoms with Gasteiger partial charge in [-0.3, -0.25) is 9.48 Å². The lowest BCUT2D eigenvalue weighted by Crippen LogP contribution is -2.31. The Morgan fingerprint density at radius 1 is 1.65 bits per heavy atom. The third kappa shape index (κ3) is 4.56. The summed E-state index contributed by atoms with van der Waals surface area (Å²) in [5, 5.41) is 10.2. The lowest BCUT2D eigenvalue weighted by atomic mass is 10.3. The van der Waals surface area contributed by atoms with E-state index >= 15 is 0 Å². The van der Waals surface area contributed by atoms with Crippen LogP contribution < -0.4 is 5.32 Å². The normalized spacial score (nSPS) is 11.6. The van der Waals surface area contributed by atoms with E-state index in [9.17, 15) is 4.79 Å². The van der Waals surface area contributed by atoms with Crippen LogP contribution in [0.3, 0.4) is 0 Å². The second-order valence-corrected chi connectivity index (χ2v) is 3.61. The molecule has 1 rings (SSSR count). The molecule has 1 amide bonds. The number of hydrogen-bond acceptors (Lipinski definition) is 3. The highest BCUT2D eigenvalue weighted by Gasteiger charge is 2.13. The van der Waals surface area contributed by atoms with Crippen molar-refractivity contribution in [2.24, 2.45) is 5.11 Å². The van der Waals surface area contributed by atoms with Crippen LogP contribution in [0, 0.1) is 0 Å². The first-order chi connectivity index (χ1) is 8.25. The van der Waals surface area contributed by atoms with Crippen LogP contribution in [-0.4, -0.2) is 28.8 Å². The predicted octanol–water partition coefficient (Wildman–Crippen LogP) is 1.65. The fourth-order valence-corrected chi connectivity index (χ4v) is 1.34. The van der Waals surface area contributed by atoms with Crippen molar-refractivity contribution in [2.45, 2.75) is 25.8 Å². The molecule has 0 aromatic carbocycles. The summed E-state index contributed by atoms with van der Waals surface area (Å²) in [6.45, 7) is 2.86. The van der Waals surface area contributed by atoms with Gasteiger partial charge in [-0.15, -0.1) is 0 Å². The van der Waals surface area contributed by atoms with Crippen LogP contribution in [0.2, 0.25) is 0 Å². The minimum absolute atomic E-state index is 0.0579. The Labute approximate surface area is 99.4 Å². The van der Waals surface area contributed by atoms with Crippen molar-refractivity contribution in [1.29, 1.82) is 0 Å². The Balaban J connectivity index is 2.19. The lowest BCUT2D eigenvalue weighted by molar-refractivity contribution is -0.124. The van der Waals surface area contributed by atoms with E-state index in [2.05, 4.69) is 20.4 Å². The molecule has 0 aliphatic carbocycles. The van der Waals surface area contributed by atoms with Gasteiger partial charge in [-0.25, -0.2) is 0 Å². The summed E-state index contributed by atoms with van der Waals surface area (Å²) in [6.07, 6.45) is 4.98. The van der Waals surface area contributed by atoms with E-state index < -0.39 is 0 Å². The summed E-state index contributed by atoms with van der Waals surface area (Å²) in [5.41, 5.74) is 8.07. The number of azide groups is 1. The molecule has 0 saturated heterocycles. The summed E-state index contributed by atoms with van der Waals surface area (Å²) in [5.74, 6) is -0.0579. The topological polar surface area (TPSA) is 95.7 Å². The highest BCUT2D eigenvalue weighted by atomic mass is 16.2. The first-order valence-corrected chi connectivity index (χ1v) is 5.53. The Morgan fingerprint density at radius 3 is 3.12 bits per heavy atom. The fourth-order valence-electron chi connectivity index (χ4n) is 1.34. The Kier molecular flexibility index (Phi) is 5.60. The lowest BCUT2D eigenvalue weighted by Gasteiger charge is -2.12. The van der Waals surface area contributed by atoms with Gasteiger partial charge in [0.25, 0.3) is 0 Å². The molecule has 92 valence electrons. The smallest absolute Gasteiger partial charge is 0.244 e. The van der Waals surface area contributed by atoms with Crippen molar-refractivity contribution in [2.75, 3.05) is 13.1 Å². The Morgan fingerprint density at radius 2 is 2.47 bits per heavy atom. The zero-order chi connectivity index (χ0) is 12.5. The molecule has 1 aromatic rings. The third-order valence-corrected chi connectivity index (χ3v) is 2.35. The van der Waals surface area contributed by atoms with E-state index in [-0.39, 0.29) is 11.9 Å². The van der Waals surface area contributed by atoms with Gasteiger partial charge in [0, 0.05) is 30.4 Å². The van der Waals surface area contributed by atoms with Crippen molar-refractivity contribution in [1.82, 2.24) is 15.1 Å². The van der Waals surface area contributed by atoms with Crippen LogP contribution in [-0.2, 0) is 4.79 Å². The maximum atomic E-state index is 11.7. The molecule has 1 atom stereocenters. The molecular weight excluding hydrogens is 220 g/mol. The molecule has 0 aliphatic rings. The van der Waals surface area contributed by atoms with Gasteiger partial charge in [0.1, 0.15) is 6.04 Å². The average molecular weight is 236 g/mol. The highest BCUT2D eigenvalue weighted by molar-refractivity contribution is 5.79. The van der Waals surface area contributed by atoms with E-state index in [1.165, 1.54) is 0 Å². The van der Waals surface area contributed by atoms with Crippen LogP contribution >= 0.6 is 0 Å². The van der Waals surface area contributed by atoms with Gasteiger partial charge in [0.15, 0.2) is 0 Å². The van der Waals surface area contributed by atoms with E-state index in [4.69, 9.17) is 5.53 Å². The molecule has 1 heterocycles. The quantitative estimate of drug-likeness (QED) is 0.337. The summed E-state index contributed by atoms with van der Waals surface area (Å²) < 4.78 is 1.61. The number of hydrogen-bond donors (Lipinski definition) is 1. The second kappa shape index (κ2) is 7.29. The molecular formula is C10H16N6O. The number of nitrogens with one attached hydrogen (secondary N) is 1. The summed E-state index contributed by atoms with van der Waals surface area (Å²) in [7, 11) is 0. The standard InChI is InChI=1S/C10H16N6O/c1-9(16-8-4-7-14-16)10(17)12-5-2-3-6-13-15-11/h4,7-9H,2-3,5-6H2,1H3,(H,12,17). The van der Waals surface area contributed by atoms with E-state index in [1.54, 1.807) is 30.1 Å². The molecule has 0 fully saturated rings. The first kappa shape index (κ1) is 13.1. The number of rotatable bonds is 7. The Hall–Kier alpha value is -2.01. The molecule has 7 nitrogen and oxygen atoms in total. The highest BCUT2D eigenvalue weighted by Crippen LogP contribution is 2.02. The molecule has 0 spiro atoms. The zero-order valence-corrected chi connectivity index (χ0v) is 9.78. The van der Waals surface area contributed by atoms with Gasteiger partial charge in [0.05, 0.1) is 0 Å². The van der Waals surface area contributed by atoms with E-state index in [0.29, 0.717) is 13.1 Å². The number of amides is 1. The minimum Gasteiger partial charge on any atom is -0.354 e. The molecule has 0 saturated carbocycles. The molecule has 7 heteroatoms. The number of carbonyl (C=O) groups is 1. The van der Waals surface area contributed by atoms with Gasteiger partial charge >= 0.3 is 0 Å². The van der Waals surface area contributed by atoms with Gasteiger partial charge < -0.3 is 5.32 Å². The number of aromatic nitrogens is 2. The molecule has 1 N–H and O–H groups in total. The fraction of sp³-hybridized carbons (Fsp3) is 0.600. The molecule has 0 radical (unpaired) electrons. The zero-order valence-electron chi connectivity index (χ0n) is 9.78. The van der Waals surface area contributed by atoms with Crippen molar-refractivity contribution < 1.29 is 4.79 Å². The molecule has 1 unspecified atom stereocenters. The van der Waals surface area contributed by atoms with Crippen LogP contribution in [0.1, 0.15) is 25.8 Å². The first-order valence-electron chi connectivity index (χ1n) is 5.53. The SMILES string of the molecule is CC(C(=O)NCCCCN=[N+]=[N-])n1cccn1. The second-order valence-electron chi connectivity index (χ2n) is 3.61. The Bertz CT molecular complexity index is 382. The van der Waals surface area contributed by atoms with Gasteiger partial charge in [0.2, 0.25) is 5.91 Å². The third-order valence-electron chi connectivity index (χ3n) is 2.35. The predicted molar refractivity (Wildman–Crippen MR) is 63.2 cm³/mol. The van der Waals surface area contributed by atoms with Gasteiger partial charge in [-0.2, -0.15) is 5.10 Å². The van der Waals surface area contributed by atoms with Gasteiger partial charge in [-0.05, 0) is 31.4 Å². The minimum atomic E-state index is -0.304. The molecule has 0 bridgehead atoms. The summed E-state index contributed by atoms with van der Waals surface area (Å²) >= 11 is 0. The largest absolute Gasteiger partial charge is 0.354 e. The van der Waals surface area contributed by atoms with Crippen molar-refractivity contribution >= 4 is 5.91 Å². The van der Waals surface area contributed by atoms with Crippen LogP contribution in [0.4, 0.5) is 0 Å². The molecule has 0 aliphatic heterocycles. The summed E-state index contributed by atoms with van der Waals surface area (Å²) in [6, 6.07) is 1.48. The monoisotopic (exact) mass is 236 g/mol. The maximum Gasteiger partial charge on any atom is 0.244 e. The van der Waals surface area contributed by atoms with Crippen molar-refractivity contribution in [3.63, 3.8) is 0 Å². The summed E-state index contributed by atoms with van der Waals surface area (Å²) in [4.78, 5) is 14.3. The van der Waals surface area contributed by atoms with E-state index in [0.717, 1.165) is 12.8 Å². The maximum absolute atomic E-state index is 11.7. The van der Waals surface area contributed by atoms with Crippen LogP contribution in [0.5, 0.6) is 0 Å². The number of carbonyl (C=O) groups excluding carboxylic acids is 1. The number of unbranched alkanes of at least 4 members (excludes halogenated alkanes) is 1. The van der Waals surface area contributed by atoms with Crippen molar-refractivity contribution in [3.8, 4) is 0 Å². The van der Waals surface area contributed by atoms with E-state index in [1.807, 2.05) is 0 Å². The molecule has 17 heavy (non-hydrogen) atoms.